The summed E-state index contributed by atoms with van der Waals surface area (Å²) in [6.07, 6.45) is -1.37. The molecule has 164 valence electrons. The zero-order valence-corrected chi connectivity index (χ0v) is 16.1. The van der Waals surface area contributed by atoms with Crippen LogP contribution in [-0.4, -0.2) is 37.9 Å². The monoisotopic (exact) mass is 442 g/mol. The molecule has 0 amide bonds. The van der Waals surface area contributed by atoms with Crippen molar-refractivity contribution in [1.82, 2.24) is 25.6 Å². The Hall–Kier alpha value is -3.44. The fourth-order valence-electron chi connectivity index (χ4n) is 2.82. The molecule has 12 heteroatoms. The van der Waals surface area contributed by atoms with Gasteiger partial charge in [0.2, 0.25) is 5.82 Å². The molecule has 0 aliphatic carbocycles. The summed E-state index contributed by atoms with van der Waals surface area (Å²) in [5.41, 5.74) is -1.86. The highest BCUT2D eigenvalue weighted by atomic mass is 19.4. The molecular weight excluding hydrogens is 426 g/mol. The number of rotatable bonds is 4. The van der Waals surface area contributed by atoms with Crippen LogP contribution >= 0.6 is 0 Å². The van der Waals surface area contributed by atoms with Gasteiger partial charge in [-0.05, 0) is 29.8 Å². The minimum absolute atomic E-state index is 0.242. The smallest absolute Gasteiger partial charge is 0.288 e. The molecule has 0 bridgehead atoms. The summed E-state index contributed by atoms with van der Waals surface area (Å²) in [6.45, 7) is 4.27. The number of halogens is 6. The van der Waals surface area contributed by atoms with Gasteiger partial charge >= 0.3 is 12.1 Å². The van der Waals surface area contributed by atoms with Gasteiger partial charge in [-0.25, -0.2) is 4.39 Å². The zero-order chi connectivity index (χ0) is 22.8. The van der Waals surface area contributed by atoms with E-state index in [0.29, 0.717) is 0 Å². The fourth-order valence-corrected chi connectivity index (χ4v) is 2.82. The Kier molecular flexibility index (Phi) is 6.00. The average Bonchev–Trinajstić information content (AvgIpc) is 3.24. The maximum Gasteiger partial charge on any atom is 0.416 e. The lowest BCUT2D eigenvalue weighted by molar-refractivity contribution is -0.138. The van der Waals surface area contributed by atoms with Crippen molar-refractivity contribution < 1.29 is 26.3 Å². The molecule has 0 unspecified atom stereocenters. The maximum absolute atomic E-state index is 14.8. The van der Waals surface area contributed by atoms with Gasteiger partial charge in [0.05, 0.1) is 24.4 Å². The van der Waals surface area contributed by atoms with Crippen LogP contribution in [0.2, 0.25) is 0 Å². The van der Waals surface area contributed by atoms with Gasteiger partial charge in [-0.1, -0.05) is 30.9 Å². The first kappa shape index (κ1) is 22.2. The molecule has 0 spiro atoms. The summed E-state index contributed by atoms with van der Waals surface area (Å²) in [7, 11) is 0. The van der Waals surface area contributed by atoms with Gasteiger partial charge in [-0.15, -0.1) is 10.2 Å². The van der Waals surface area contributed by atoms with Crippen molar-refractivity contribution in [1.29, 1.82) is 0 Å². The van der Waals surface area contributed by atoms with Gasteiger partial charge < -0.3 is 0 Å². The molecule has 3 rings (SSSR count). The number of nitrogens with one attached hydrogen (secondary N) is 1. The second kappa shape index (κ2) is 8.36. The molecule has 2 aromatic rings. The molecule has 0 saturated carbocycles. The van der Waals surface area contributed by atoms with Gasteiger partial charge in [0, 0.05) is 11.1 Å². The number of alkyl halides is 5. The number of H-pyrrole nitrogens is 1. The van der Waals surface area contributed by atoms with Crippen LogP contribution in [0.3, 0.4) is 0 Å². The Morgan fingerprint density at radius 1 is 1.16 bits per heavy atom. The van der Waals surface area contributed by atoms with E-state index in [1.807, 2.05) is 5.21 Å². The Labute approximate surface area is 172 Å². The molecule has 1 aromatic carbocycles. The van der Waals surface area contributed by atoms with E-state index in [2.05, 4.69) is 27.1 Å². The van der Waals surface area contributed by atoms with Gasteiger partial charge in [0.1, 0.15) is 5.82 Å². The van der Waals surface area contributed by atoms with E-state index in [0.717, 1.165) is 35.4 Å². The molecule has 2 heterocycles. The molecule has 0 fully saturated rings. The molecular formula is C19H16F6N6. The SMILES string of the molecule is C=C1/C=C\C(C(F)(F)c2nn[nH]n2)=C/CN(Cc2c(F)cccc2C(F)(F)F)N=C1C. The van der Waals surface area contributed by atoms with Crippen molar-refractivity contribution in [3.05, 3.63) is 76.9 Å². The van der Waals surface area contributed by atoms with Crippen LogP contribution < -0.4 is 0 Å². The van der Waals surface area contributed by atoms with Crippen LogP contribution in [-0.2, 0) is 18.6 Å². The van der Waals surface area contributed by atoms with E-state index < -0.39 is 47.0 Å². The summed E-state index contributed by atoms with van der Waals surface area (Å²) < 4.78 is 83.8. The van der Waals surface area contributed by atoms with Crippen molar-refractivity contribution in [3.8, 4) is 0 Å². The quantitative estimate of drug-likeness (QED) is 0.714. The molecule has 0 saturated heterocycles. The number of hydrazone groups is 1. The summed E-state index contributed by atoms with van der Waals surface area (Å²) in [4.78, 5) is 0. The van der Waals surface area contributed by atoms with E-state index in [4.69, 9.17) is 0 Å². The number of aromatic nitrogens is 4. The number of hydrogen-bond donors (Lipinski definition) is 1. The molecule has 1 aliphatic heterocycles. The number of tetrazole rings is 1. The van der Waals surface area contributed by atoms with Gasteiger partial charge in [-0.2, -0.15) is 32.3 Å². The van der Waals surface area contributed by atoms with Gasteiger partial charge in [-0.3, -0.25) is 5.01 Å². The number of benzene rings is 1. The highest BCUT2D eigenvalue weighted by Gasteiger charge is 2.40. The Morgan fingerprint density at radius 2 is 1.90 bits per heavy atom. The van der Waals surface area contributed by atoms with Gasteiger partial charge in [0.25, 0.3) is 0 Å². The molecule has 1 N–H and O–H groups in total. The lowest BCUT2D eigenvalue weighted by Gasteiger charge is -2.22. The highest BCUT2D eigenvalue weighted by Crippen LogP contribution is 2.36. The first-order valence-electron chi connectivity index (χ1n) is 8.84. The predicted octanol–water partition coefficient (Wildman–Crippen LogP) is 4.38. The molecule has 6 nitrogen and oxygen atoms in total. The molecule has 0 radical (unpaired) electrons. The third-order valence-corrected chi connectivity index (χ3v) is 4.50. The molecule has 0 atom stereocenters. The summed E-state index contributed by atoms with van der Waals surface area (Å²) in [5, 5.41) is 16.8. The largest absolute Gasteiger partial charge is 0.416 e. The summed E-state index contributed by atoms with van der Waals surface area (Å²) in [6, 6.07) is 2.59. The van der Waals surface area contributed by atoms with Crippen LogP contribution in [0.1, 0.15) is 23.9 Å². The third kappa shape index (κ3) is 4.84. The Morgan fingerprint density at radius 3 is 2.55 bits per heavy atom. The fraction of sp³-hybridized carbons (Fsp3) is 0.263. The lowest BCUT2D eigenvalue weighted by atomic mass is 10.0. The van der Waals surface area contributed by atoms with E-state index in [1.165, 1.54) is 13.0 Å². The second-order valence-corrected chi connectivity index (χ2v) is 6.62. The number of allylic oxidation sites excluding steroid dienone is 4. The van der Waals surface area contributed by atoms with E-state index in [9.17, 15) is 26.3 Å². The Balaban J connectivity index is 2.01. The lowest BCUT2D eigenvalue weighted by Crippen LogP contribution is -2.24. The van der Waals surface area contributed by atoms with E-state index in [-0.39, 0.29) is 17.8 Å². The minimum atomic E-state index is -4.80. The number of aromatic amines is 1. The molecule has 1 aliphatic rings. The average molecular weight is 442 g/mol. The van der Waals surface area contributed by atoms with Crippen LogP contribution in [0.25, 0.3) is 0 Å². The maximum atomic E-state index is 14.8. The van der Waals surface area contributed by atoms with Crippen LogP contribution in [0, 0.1) is 5.82 Å². The summed E-state index contributed by atoms with van der Waals surface area (Å²) >= 11 is 0. The normalized spacial score (nSPS) is 18.5. The van der Waals surface area contributed by atoms with Gasteiger partial charge in [0.15, 0.2) is 0 Å². The molecule has 1 aromatic heterocycles. The minimum Gasteiger partial charge on any atom is -0.288 e. The van der Waals surface area contributed by atoms with E-state index >= 15 is 0 Å². The third-order valence-electron chi connectivity index (χ3n) is 4.50. The number of hydrogen-bond acceptors (Lipinski definition) is 5. The first-order valence-corrected chi connectivity index (χ1v) is 8.84. The summed E-state index contributed by atoms with van der Waals surface area (Å²) in [5.74, 6) is -5.62. The molecule has 31 heavy (non-hydrogen) atoms. The second-order valence-electron chi connectivity index (χ2n) is 6.62. The number of nitrogens with zero attached hydrogens (tertiary/aromatic N) is 5. The van der Waals surface area contributed by atoms with Crippen molar-refractivity contribution in [2.24, 2.45) is 5.10 Å². The zero-order valence-electron chi connectivity index (χ0n) is 16.1. The van der Waals surface area contributed by atoms with Crippen LogP contribution in [0.4, 0.5) is 26.3 Å². The predicted molar refractivity (Wildman–Crippen MR) is 99.4 cm³/mol. The van der Waals surface area contributed by atoms with Crippen LogP contribution in [0.5, 0.6) is 0 Å². The first-order chi connectivity index (χ1) is 14.5. The van der Waals surface area contributed by atoms with Crippen LogP contribution in [0.15, 0.2) is 59.3 Å². The van der Waals surface area contributed by atoms with E-state index in [1.54, 1.807) is 0 Å². The van der Waals surface area contributed by atoms with Crippen molar-refractivity contribution in [2.75, 3.05) is 6.54 Å². The van der Waals surface area contributed by atoms with Crippen molar-refractivity contribution in [2.45, 2.75) is 25.6 Å². The standard InChI is InChI=1S/C19H16F6N6/c1-11-6-7-13(18(21,22)17-26-29-30-27-17)8-9-31(28-12(11)2)10-14-15(19(23,24)25)4-3-5-16(14)20/h3-8H,1,9-10H2,2H3,(H,26,27,29,30)/b7-6-,13-8+,28-12?. The van der Waals surface area contributed by atoms with Crippen molar-refractivity contribution in [3.63, 3.8) is 0 Å². The van der Waals surface area contributed by atoms with Crippen molar-refractivity contribution >= 4 is 5.71 Å². The topological polar surface area (TPSA) is 70.1 Å². The Bertz CT molecular complexity index is 1050. The highest BCUT2D eigenvalue weighted by molar-refractivity contribution is 6.00.